The van der Waals surface area contributed by atoms with Gasteiger partial charge >= 0.3 is 0 Å². The molecule has 0 saturated carbocycles. The molecule has 6 aromatic carbocycles. The van der Waals surface area contributed by atoms with Crippen molar-refractivity contribution in [1.29, 1.82) is 0 Å². The third-order valence-corrected chi connectivity index (χ3v) is 9.79. The maximum Gasteiger partial charge on any atom is 0.141 e. The van der Waals surface area contributed by atoms with Gasteiger partial charge in [0.1, 0.15) is 11.5 Å². The fraction of sp³-hybridized carbons (Fsp3) is 0.0976. The van der Waals surface area contributed by atoms with Crippen LogP contribution in [-0.4, -0.2) is 4.98 Å². The first-order valence-electron chi connectivity index (χ1n) is 15.0. The van der Waals surface area contributed by atoms with Crippen molar-refractivity contribution in [2.45, 2.75) is 24.7 Å². The zero-order valence-corrected chi connectivity index (χ0v) is 24.1. The second kappa shape index (κ2) is 8.65. The molecule has 0 saturated heterocycles. The standard InChI is InChI=1S/C41H29NO/c1-40(2)30-15-5-7-17-32(30)41(33-18-8-6-16-31(33)40)34-19-9-10-21-37(34)43-39-29(14-11-20-35(39)41)36-25-24-27-23-22-26-12-3-4-13-28(26)38(27)42-36/h3-25H,1-2H3. The molecule has 0 unspecified atom stereocenters. The Balaban J connectivity index is 1.40. The van der Waals surface area contributed by atoms with Gasteiger partial charge in [-0.25, -0.2) is 4.98 Å². The van der Waals surface area contributed by atoms with Crippen molar-refractivity contribution in [1.82, 2.24) is 4.98 Å². The molecule has 0 N–H and O–H groups in total. The lowest BCUT2D eigenvalue weighted by atomic mass is 9.53. The van der Waals surface area contributed by atoms with Gasteiger partial charge in [0, 0.05) is 32.9 Å². The third kappa shape index (κ3) is 3.16. The highest BCUT2D eigenvalue weighted by molar-refractivity contribution is 6.05. The number of fused-ring (bicyclic) bond motifs is 11. The Hall–Kier alpha value is -5.21. The van der Waals surface area contributed by atoms with E-state index in [1.165, 1.54) is 33.2 Å². The molecule has 1 aliphatic heterocycles. The molecule has 2 heteroatoms. The van der Waals surface area contributed by atoms with Gasteiger partial charge in [-0.05, 0) is 45.8 Å². The number of pyridine rings is 1. The molecule has 0 radical (unpaired) electrons. The van der Waals surface area contributed by atoms with E-state index in [-0.39, 0.29) is 5.41 Å². The summed E-state index contributed by atoms with van der Waals surface area (Å²) in [5.74, 6) is 1.76. The summed E-state index contributed by atoms with van der Waals surface area (Å²) in [6.45, 7) is 4.70. The van der Waals surface area contributed by atoms with Crippen LogP contribution in [0.3, 0.4) is 0 Å². The first-order chi connectivity index (χ1) is 21.1. The average molecular weight is 552 g/mol. The number of aromatic nitrogens is 1. The number of rotatable bonds is 1. The van der Waals surface area contributed by atoms with Crippen LogP contribution in [0.5, 0.6) is 11.5 Å². The van der Waals surface area contributed by atoms with Crippen molar-refractivity contribution in [3.05, 3.63) is 173 Å². The number of benzene rings is 6. The fourth-order valence-electron chi connectivity index (χ4n) is 7.85. The Bertz CT molecular complexity index is 2210. The summed E-state index contributed by atoms with van der Waals surface area (Å²) < 4.78 is 6.93. The molecular weight excluding hydrogens is 522 g/mol. The highest BCUT2D eigenvalue weighted by atomic mass is 16.5. The van der Waals surface area contributed by atoms with E-state index in [1.807, 2.05) is 0 Å². The van der Waals surface area contributed by atoms with Crippen LogP contribution < -0.4 is 4.74 Å². The van der Waals surface area contributed by atoms with E-state index in [2.05, 4.69) is 153 Å². The van der Waals surface area contributed by atoms with Gasteiger partial charge in [0.05, 0.1) is 16.6 Å². The highest BCUT2D eigenvalue weighted by Crippen LogP contribution is 2.62. The second-order valence-corrected chi connectivity index (χ2v) is 12.3. The maximum absolute atomic E-state index is 6.93. The summed E-state index contributed by atoms with van der Waals surface area (Å²) in [6.07, 6.45) is 0. The molecule has 0 amide bonds. The molecule has 9 rings (SSSR count). The van der Waals surface area contributed by atoms with Crippen LogP contribution in [0.25, 0.3) is 32.9 Å². The molecule has 2 nitrogen and oxygen atoms in total. The average Bonchev–Trinajstić information content (AvgIpc) is 3.06. The summed E-state index contributed by atoms with van der Waals surface area (Å²) in [5, 5.41) is 3.48. The topological polar surface area (TPSA) is 22.1 Å². The fourth-order valence-corrected chi connectivity index (χ4v) is 7.85. The molecule has 0 bridgehead atoms. The van der Waals surface area contributed by atoms with E-state index < -0.39 is 5.41 Å². The van der Waals surface area contributed by atoms with Crippen molar-refractivity contribution < 1.29 is 4.74 Å². The second-order valence-electron chi connectivity index (χ2n) is 12.3. The SMILES string of the molecule is CC1(C)c2ccccc2C2(c3ccccc3Oc3c(-c4ccc5ccc6ccccc6c5n4)cccc32)c2ccccc21. The lowest BCUT2D eigenvalue weighted by molar-refractivity contribution is 0.426. The summed E-state index contributed by atoms with van der Waals surface area (Å²) in [5.41, 5.74) is 9.87. The minimum Gasteiger partial charge on any atom is -0.456 e. The van der Waals surface area contributed by atoms with E-state index in [1.54, 1.807) is 0 Å². The van der Waals surface area contributed by atoms with Crippen LogP contribution in [0.15, 0.2) is 140 Å². The van der Waals surface area contributed by atoms with Crippen LogP contribution in [-0.2, 0) is 10.8 Å². The molecule has 7 aromatic rings. The zero-order valence-electron chi connectivity index (χ0n) is 24.1. The maximum atomic E-state index is 6.93. The molecule has 1 spiro atoms. The quantitative estimate of drug-likeness (QED) is 0.189. The van der Waals surface area contributed by atoms with Gasteiger partial charge in [0.2, 0.25) is 0 Å². The molecule has 2 heterocycles. The Labute approximate surface area is 251 Å². The minimum absolute atomic E-state index is 0.148. The van der Waals surface area contributed by atoms with Crippen molar-refractivity contribution >= 4 is 21.7 Å². The Morgan fingerprint density at radius 1 is 0.488 bits per heavy atom. The van der Waals surface area contributed by atoms with Crippen molar-refractivity contribution in [2.75, 3.05) is 0 Å². The molecular formula is C41H29NO. The molecule has 1 aromatic heterocycles. The molecule has 0 atom stereocenters. The van der Waals surface area contributed by atoms with Crippen LogP contribution in [0.2, 0.25) is 0 Å². The van der Waals surface area contributed by atoms with Crippen LogP contribution in [0.4, 0.5) is 0 Å². The molecule has 0 fully saturated rings. The number of nitrogens with zero attached hydrogens (tertiary/aromatic N) is 1. The monoisotopic (exact) mass is 551 g/mol. The van der Waals surface area contributed by atoms with Gasteiger partial charge in [0.25, 0.3) is 0 Å². The number of ether oxygens (including phenoxy) is 1. The Morgan fingerprint density at radius 2 is 1.07 bits per heavy atom. The molecule has 43 heavy (non-hydrogen) atoms. The molecule has 2 aliphatic rings. The van der Waals surface area contributed by atoms with E-state index in [0.717, 1.165) is 44.6 Å². The Morgan fingerprint density at radius 3 is 1.84 bits per heavy atom. The van der Waals surface area contributed by atoms with E-state index in [9.17, 15) is 0 Å². The van der Waals surface area contributed by atoms with Crippen LogP contribution >= 0.6 is 0 Å². The molecule has 1 aliphatic carbocycles. The molecule has 204 valence electrons. The third-order valence-electron chi connectivity index (χ3n) is 9.79. The van der Waals surface area contributed by atoms with Crippen LogP contribution in [0, 0.1) is 0 Å². The first kappa shape index (κ1) is 24.4. The van der Waals surface area contributed by atoms with Gasteiger partial charge in [-0.2, -0.15) is 0 Å². The normalized spacial score (nSPS) is 15.3. The van der Waals surface area contributed by atoms with Gasteiger partial charge in [-0.1, -0.05) is 135 Å². The minimum atomic E-state index is -0.535. The summed E-state index contributed by atoms with van der Waals surface area (Å²) in [6, 6.07) is 50.3. The van der Waals surface area contributed by atoms with Gasteiger partial charge in [-0.15, -0.1) is 0 Å². The predicted molar refractivity (Wildman–Crippen MR) is 175 cm³/mol. The zero-order chi connectivity index (χ0) is 28.8. The van der Waals surface area contributed by atoms with Crippen LogP contribution in [0.1, 0.15) is 47.2 Å². The van der Waals surface area contributed by atoms with E-state index >= 15 is 0 Å². The van der Waals surface area contributed by atoms with Crippen molar-refractivity contribution in [3.63, 3.8) is 0 Å². The van der Waals surface area contributed by atoms with Crippen molar-refractivity contribution in [2.24, 2.45) is 0 Å². The van der Waals surface area contributed by atoms with Gasteiger partial charge in [-0.3, -0.25) is 0 Å². The number of para-hydroxylation sites is 2. The Kier molecular flexibility index (Phi) is 4.91. The smallest absolute Gasteiger partial charge is 0.141 e. The predicted octanol–water partition coefficient (Wildman–Crippen LogP) is 10.2. The van der Waals surface area contributed by atoms with Gasteiger partial charge in [0.15, 0.2) is 0 Å². The largest absolute Gasteiger partial charge is 0.456 e. The van der Waals surface area contributed by atoms with E-state index in [4.69, 9.17) is 9.72 Å². The first-order valence-corrected chi connectivity index (χ1v) is 15.0. The summed E-state index contributed by atoms with van der Waals surface area (Å²) in [4.78, 5) is 5.30. The lowest BCUT2D eigenvalue weighted by Gasteiger charge is -2.50. The van der Waals surface area contributed by atoms with Crippen molar-refractivity contribution in [3.8, 4) is 22.8 Å². The number of hydrogen-bond acceptors (Lipinski definition) is 2. The van der Waals surface area contributed by atoms with Gasteiger partial charge < -0.3 is 4.74 Å². The highest BCUT2D eigenvalue weighted by Gasteiger charge is 2.53. The summed E-state index contributed by atoms with van der Waals surface area (Å²) in [7, 11) is 0. The number of hydrogen-bond donors (Lipinski definition) is 0. The summed E-state index contributed by atoms with van der Waals surface area (Å²) >= 11 is 0. The lowest BCUT2D eigenvalue weighted by Crippen LogP contribution is -2.43. The van der Waals surface area contributed by atoms with E-state index in [0.29, 0.717) is 0 Å².